The minimum Gasteiger partial charge on any atom is -0.387 e. The number of aliphatic hydroxyl groups excluding tert-OH is 8. The van der Waals surface area contributed by atoms with Crippen molar-refractivity contribution in [1.82, 2.24) is 0 Å². The Morgan fingerprint density at radius 2 is 0.388 bits per heavy atom. The molecule has 8 N–H and O–H groups in total. The molecule has 0 aromatic rings. The molecule has 6 aliphatic heterocycles. The van der Waals surface area contributed by atoms with E-state index in [0.29, 0.717) is 0 Å². The molecule has 0 aromatic heterocycles. The summed E-state index contributed by atoms with van der Waals surface area (Å²) in [4.78, 5) is 0. The van der Waals surface area contributed by atoms with Crippen LogP contribution in [0.15, 0.2) is 152 Å². The van der Waals surface area contributed by atoms with Crippen LogP contribution in [0.2, 0.25) is 0 Å². The van der Waals surface area contributed by atoms with Crippen LogP contribution < -0.4 is 0 Å². The lowest BCUT2D eigenvalue weighted by molar-refractivity contribution is -0.401. The highest BCUT2D eigenvalue weighted by Crippen LogP contribution is 2.40. The summed E-state index contributed by atoms with van der Waals surface area (Å²) in [6.45, 7) is 42.8. The SMILES string of the molecule is C=CCOC[C@H]1O[C@@H](O[C@@H]2[C@H](OCC=C)[C@@H](O)[C@H](O[C@@H]3[C@H](OCC=C)[C@@H](O)[C@H](O[C@@H]4[C@H](OCC=C)[C@@H](O)[C@H](O[C@@H]5[C@H](OCC=C)[C@@H](O)[C@H](O[C@@H]6[C@H](OCC=C)[C@@H](O)[C@H](O)O[C@@H]6COCC=C)O[C@@H]5COCC=C)O[C@@H]4COCC=C)O[C@@H]3COCC=C)O[C@@H]2COCC=C)[C@H](O)[C@H](OCC=C)[C@H]1O. The van der Waals surface area contributed by atoms with Crippen molar-refractivity contribution in [3.8, 4) is 0 Å². The molecule has 6 rings (SSSR count). The molecule has 30 atom stereocenters. The average Bonchev–Trinajstić information content (AvgIpc) is 0.773. The second-order valence-electron chi connectivity index (χ2n) is 24.2. The van der Waals surface area contributed by atoms with E-state index in [9.17, 15) is 40.9 Å². The molecule has 0 amide bonds. The lowest BCUT2D eigenvalue weighted by atomic mass is 9.94. The lowest BCUT2D eigenvalue weighted by Gasteiger charge is -2.51. The van der Waals surface area contributed by atoms with E-state index in [2.05, 4.69) is 78.9 Å². The van der Waals surface area contributed by atoms with E-state index in [1.807, 2.05) is 0 Å². The number of rotatable bonds is 52. The highest BCUT2D eigenvalue weighted by atomic mass is 16.8. The first-order valence-corrected chi connectivity index (χ1v) is 34.1. The maximum atomic E-state index is 12.8. The first kappa shape index (κ1) is 87.5. The van der Waals surface area contributed by atoms with Crippen LogP contribution in [-0.4, -0.2) is 344 Å². The van der Waals surface area contributed by atoms with Gasteiger partial charge in [0.2, 0.25) is 0 Å². The normalized spacial score (nSPS) is 38.3. The van der Waals surface area contributed by atoms with E-state index in [1.54, 1.807) is 0 Å². The maximum absolute atomic E-state index is 12.8. The zero-order valence-corrected chi connectivity index (χ0v) is 58.4. The molecule has 6 heterocycles. The topological polar surface area (TPSA) is 374 Å². The van der Waals surface area contributed by atoms with Crippen LogP contribution in [-0.2, 0) is 109 Å². The van der Waals surface area contributed by atoms with Crippen LogP contribution in [0.5, 0.6) is 0 Å². The van der Waals surface area contributed by atoms with Gasteiger partial charge in [-0.15, -0.1) is 78.9 Å². The van der Waals surface area contributed by atoms with Gasteiger partial charge in [0.25, 0.3) is 0 Å². The predicted octanol–water partition coefficient (Wildman–Crippen LogP) is 0.423. The van der Waals surface area contributed by atoms with Gasteiger partial charge in [-0.05, 0) is 0 Å². The molecule has 6 aliphatic rings. The van der Waals surface area contributed by atoms with Gasteiger partial charge in [-0.1, -0.05) is 72.9 Å². The summed E-state index contributed by atoms with van der Waals surface area (Å²) in [5, 5.41) is 95.6. The van der Waals surface area contributed by atoms with E-state index < -0.39 is 184 Å². The molecule has 0 spiro atoms. The van der Waals surface area contributed by atoms with E-state index in [1.165, 1.54) is 72.9 Å². The summed E-state index contributed by atoms with van der Waals surface area (Å²) in [6.07, 6.45) is -27.0. The molecule has 6 fully saturated rings. The van der Waals surface area contributed by atoms with Crippen molar-refractivity contribution < 1.29 is 150 Å². The molecule has 31 heteroatoms. The molecular formula is C72H110O31. The number of hydrogen-bond donors (Lipinski definition) is 8. The average molecular weight is 1470 g/mol. The fourth-order valence-corrected chi connectivity index (χ4v) is 12.2. The third kappa shape index (κ3) is 24.8. The van der Waals surface area contributed by atoms with Gasteiger partial charge in [-0.3, -0.25) is 0 Å². The largest absolute Gasteiger partial charge is 0.387 e. The van der Waals surface area contributed by atoms with Gasteiger partial charge < -0.3 is 150 Å². The minimum absolute atomic E-state index is 0.00780. The van der Waals surface area contributed by atoms with Gasteiger partial charge >= 0.3 is 0 Å². The van der Waals surface area contributed by atoms with E-state index >= 15 is 0 Å². The highest BCUT2D eigenvalue weighted by Gasteiger charge is 2.59. The molecule has 584 valence electrons. The van der Waals surface area contributed by atoms with Gasteiger partial charge in [-0.25, -0.2) is 0 Å². The van der Waals surface area contributed by atoms with Crippen LogP contribution in [0.3, 0.4) is 0 Å². The molecule has 0 aliphatic carbocycles. The van der Waals surface area contributed by atoms with E-state index in [-0.39, 0.29) is 119 Å². The molecule has 0 saturated carbocycles. The van der Waals surface area contributed by atoms with Gasteiger partial charge in [0, 0.05) is 0 Å². The van der Waals surface area contributed by atoms with Crippen molar-refractivity contribution in [3.63, 3.8) is 0 Å². The summed E-state index contributed by atoms with van der Waals surface area (Å²) >= 11 is 0. The van der Waals surface area contributed by atoms with Gasteiger partial charge in [0.15, 0.2) is 37.7 Å². The first-order chi connectivity index (χ1) is 50.0. The van der Waals surface area contributed by atoms with Crippen LogP contribution in [0.25, 0.3) is 0 Å². The fraction of sp³-hybridized carbons (Fsp3) is 0.667. The van der Waals surface area contributed by atoms with Gasteiger partial charge in [0.1, 0.15) is 146 Å². The van der Waals surface area contributed by atoms with Crippen molar-refractivity contribution in [2.45, 2.75) is 184 Å². The summed E-state index contributed by atoms with van der Waals surface area (Å²) in [6, 6.07) is 0. The van der Waals surface area contributed by atoms with Gasteiger partial charge in [-0.2, -0.15) is 0 Å². The number of hydrogen-bond acceptors (Lipinski definition) is 31. The van der Waals surface area contributed by atoms with Gasteiger partial charge in [0.05, 0.1) is 119 Å². The van der Waals surface area contributed by atoms with Crippen molar-refractivity contribution in [1.29, 1.82) is 0 Å². The Balaban J connectivity index is 1.34. The Morgan fingerprint density at radius 1 is 0.204 bits per heavy atom. The van der Waals surface area contributed by atoms with Crippen LogP contribution >= 0.6 is 0 Å². The summed E-state index contributed by atoms with van der Waals surface area (Å²) in [5.74, 6) is 0. The van der Waals surface area contributed by atoms with E-state index in [0.717, 1.165) is 0 Å². The third-order valence-electron chi connectivity index (χ3n) is 16.7. The van der Waals surface area contributed by atoms with Crippen LogP contribution in [0.4, 0.5) is 0 Å². The van der Waals surface area contributed by atoms with Crippen molar-refractivity contribution >= 4 is 0 Å². The zero-order chi connectivity index (χ0) is 74.8. The van der Waals surface area contributed by atoms with Crippen molar-refractivity contribution in [2.75, 3.05) is 119 Å². The molecule has 0 bridgehead atoms. The summed E-state index contributed by atoms with van der Waals surface area (Å²) < 4.78 is 144. The Hall–Kier alpha value is -4.36. The second kappa shape index (κ2) is 47.4. The molecule has 0 aromatic carbocycles. The molecule has 6 saturated heterocycles. The standard InChI is InChI=1S/C72H110O31/c1-13-25-81-37-43-49(73)61(87-31-19-7)51(75)68(94-43)100-57-45(39-83-27-15-3)96-70(53(77)63(57)89-33-21-9)102-59-47(41-85-29-17-5)98-72(55(79)65(59)91-35-23-11)103-60-48(42-86-30-18-6)97-71(54(78)66(60)92-36-24-12)101-58-46(40-84-28-16-4)95-69(52(76)64(58)90-34-22-10)99-56-44(38-82-26-14-2)93-67(80)50(74)62(56)88-32-20-8/h13-24,43-80H,1-12,25-42H2/t43-,44-,45-,46-,47-,48-,49+,50-,51-,52-,53-,54-,55-,56+,57+,58+,59+,60+,61-,62-,63-,64-,65-,66-,67-,68+,69+,70+,71+,72+/m1/s1. The minimum atomic E-state index is -1.83. The number of aliphatic hydroxyl groups is 8. The predicted molar refractivity (Wildman–Crippen MR) is 366 cm³/mol. The molecule has 0 unspecified atom stereocenters. The molecule has 0 radical (unpaired) electrons. The zero-order valence-electron chi connectivity index (χ0n) is 58.4. The van der Waals surface area contributed by atoms with Crippen molar-refractivity contribution in [2.24, 2.45) is 0 Å². The Bertz CT molecular complexity index is 2530. The molecule has 103 heavy (non-hydrogen) atoms. The quantitative estimate of drug-likeness (QED) is 0.0302. The number of ether oxygens (including phenoxy) is 23. The fourth-order valence-electron chi connectivity index (χ4n) is 12.2. The summed E-state index contributed by atoms with van der Waals surface area (Å²) in [7, 11) is 0. The Labute approximate surface area is 602 Å². The summed E-state index contributed by atoms with van der Waals surface area (Å²) in [5.41, 5.74) is 0. The molecular weight excluding hydrogens is 1360 g/mol. The second-order valence-corrected chi connectivity index (χ2v) is 24.2. The van der Waals surface area contributed by atoms with Crippen molar-refractivity contribution in [3.05, 3.63) is 152 Å². The Kier molecular flexibility index (Phi) is 40.3. The Morgan fingerprint density at radius 3 is 0.621 bits per heavy atom. The van der Waals surface area contributed by atoms with E-state index in [4.69, 9.17) is 109 Å². The maximum Gasteiger partial charge on any atom is 0.187 e. The van der Waals surface area contributed by atoms with Crippen LogP contribution in [0, 0.1) is 0 Å². The van der Waals surface area contributed by atoms with Crippen LogP contribution in [0.1, 0.15) is 0 Å². The monoisotopic (exact) mass is 1470 g/mol. The third-order valence-corrected chi connectivity index (χ3v) is 16.7. The first-order valence-electron chi connectivity index (χ1n) is 34.1. The smallest absolute Gasteiger partial charge is 0.187 e. The lowest BCUT2D eigenvalue weighted by Crippen LogP contribution is -2.69. The highest BCUT2D eigenvalue weighted by molar-refractivity contribution is 5.03. The molecule has 31 nitrogen and oxygen atoms in total.